The van der Waals surface area contributed by atoms with Crippen molar-refractivity contribution in [3.8, 4) is 0 Å². The molecule has 16 heavy (non-hydrogen) atoms. The highest BCUT2D eigenvalue weighted by molar-refractivity contribution is 6.32. The summed E-state index contributed by atoms with van der Waals surface area (Å²) in [6, 6.07) is 0. The Morgan fingerprint density at radius 3 is 2.12 bits per heavy atom. The number of hydrogen-bond donors (Lipinski definition) is 2. The number of aliphatic imine (C=N–C) groups is 1. The van der Waals surface area contributed by atoms with E-state index in [1.807, 2.05) is 0 Å². The van der Waals surface area contributed by atoms with Gasteiger partial charge >= 0.3 is 5.91 Å². The van der Waals surface area contributed by atoms with E-state index >= 15 is 0 Å². The molecule has 0 atom stereocenters. The summed E-state index contributed by atoms with van der Waals surface area (Å²) in [6.07, 6.45) is 2.68. The van der Waals surface area contributed by atoms with Crippen molar-refractivity contribution in [3.63, 3.8) is 0 Å². The maximum atomic E-state index is 11.1. The Morgan fingerprint density at radius 1 is 1.19 bits per heavy atom. The maximum Gasteiger partial charge on any atom is 0.301 e. The lowest BCUT2D eigenvalue weighted by Crippen LogP contribution is -2.24. The van der Waals surface area contributed by atoms with Gasteiger partial charge < -0.3 is 11.5 Å². The minimum absolute atomic E-state index is 0. The maximum absolute atomic E-state index is 11.1. The van der Waals surface area contributed by atoms with Crippen LogP contribution in [0.2, 0.25) is 5.15 Å². The van der Waals surface area contributed by atoms with E-state index in [1.165, 1.54) is 12.4 Å². The third-order valence-electron chi connectivity index (χ3n) is 1.09. The summed E-state index contributed by atoms with van der Waals surface area (Å²) in [4.78, 5) is 21.7. The molecule has 0 bridgehead atoms. The van der Waals surface area contributed by atoms with Crippen LogP contribution >= 0.6 is 48.8 Å². The molecule has 0 aliphatic heterocycles. The molecule has 0 aliphatic rings. The fraction of sp³-hybridized carbons (Fsp3) is 0. The zero-order chi connectivity index (χ0) is 9.84. The molecule has 1 amide bonds. The van der Waals surface area contributed by atoms with Crippen molar-refractivity contribution in [2.24, 2.45) is 16.5 Å². The van der Waals surface area contributed by atoms with E-state index in [0.717, 1.165) is 0 Å². The second kappa shape index (κ2) is 9.41. The van der Waals surface area contributed by atoms with Crippen molar-refractivity contribution in [3.05, 3.63) is 23.2 Å². The number of nitrogens with zero attached hydrogens (tertiary/aromatic N) is 3. The predicted octanol–water partition coefficient (Wildman–Crippen LogP) is 0.809. The van der Waals surface area contributed by atoms with Crippen LogP contribution in [0.1, 0.15) is 10.5 Å². The van der Waals surface area contributed by atoms with Gasteiger partial charge in [0, 0.05) is 12.4 Å². The molecule has 1 aromatic rings. The van der Waals surface area contributed by atoms with Crippen LogP contribution in [0, 0.1) is 0 Å². The highest BCUT2D eigenvalue weighted by Crippen LogP contribution is 2.08. The Morgan fingerprint density at radius 2 is 1.69 bits per heavy atom. The molecule has 0 saturated carbocycles. The van der Waals surface area contributed by atoms with Crippen molar-refractivity contribution in [2.75, 3.05) is 0 Å². The number of carbonyl (C=O) groups is 1. The lowest BCUT2D eigenvalue weighted by molar-refractivity contribution is 0.0998. The minimum Gasteiger partial charge on any atom is -0.370 e. The van der Waals surface area contributed by atoms with Crippen molar-refractivity contribution in [2.45, 2.75) is 0 Å². The van der Waals surface area contributed by atoms with Gasteiger partial charge in [-0.1, -0.05) is 11.6 Å². The normalized spacial score (nSPS) is 7.56. The number of guanidine groups is 1. The van der Waals surface area contributed by atoms with Crippen LogP contribution in [0.15, 0.2) is 17.4 Å². The molecule has 92 valence electrons. The van der Waals surface area contributed by atoms with E-state index < -0.39 is 5.91 Å². The smallest absolute Gasteiger partial charge is 0.301 e. The lowest BCUT2D eigenvalue weighted by atomic mass is 10.4. The number of nitrogens with two attached hydrogens (primary N) is 2. The van der Waals surface area contributed by atoms with Gasteiger partial charge in [0.1, 0.15) is 0 Å². The van der Waals surface area contributed by atoms with Crippen LogP contribution in [-0.4, -0.2) is 21.8 Å². The van der Waals surface area contributed by atoms with Gasteiger partial charge in [-0.05, 0) is 0 Å². The summed E-state index contributed by atoms with van der Waals surface area (Å²) in [5.41, 5.74) is 9.92. The Labute approximate surface area is 115 Å². The lowest BCUT2D eigenvalue weighted by Gasteiger charge is -1.95. The van der Waals surface area contributed by atoms with E-state index in [1.54, 1.807) is 0 Å². The first-order valence-corrected chi connectivity index (χ1v) is 3.59. The van der Waals surface area contributed by atoms with Gasteiger partial charge in [0.25, 0.3) is 0 Å². The number of carbonyl (C=O) groups excluding carboxylic acids is 1. The van der Waals surface area contributed by atoms with Crippen LogP contribution in [0.5, 0.6) is 0 Å². The van der Waals surface area contributed by atoms with Crippen molar-refractivity contribution >= 4 is 60.7 Å². The van der Waals surface area contributed by atoms with Gasteiger partial charge in [0.05, 0.1) is 0 Å². The summed E-state index contributed by atoms with van der Waals surface area (Å²) >= 11 is 5.56. The Bertz CT molecular complexity index is 368. The van der Waals surface area contributed by atoms with E-state index in [0.29, 0.717) is 0 Å². The molecular weight excluding hydrogens is 300 g/mol. The van der Waals surface area contributed by atoms with Crippen LogP contribution in [-0.2, 0) is 0 Å². The van der Waals surface area contributed by atoms with Gasteiger partial charge in [-0.2, -0.15) is 4.99 Å². The summed E-state index contributed by atoms with van der Waals surface area (Å²) in [6.45, 7) is 0. The summed E-state index contributed by atoms with van der Waals surface area (Å²) < 4.78 is 0. The van der Waals surface area contributed by atoms with Gasteiger partial charge in [-0.3, -0.25) is 4.79 Å². The molecule has 0 aromatic carbocycles. The first kappa shape index (κ1) is 20.6. The number of aromatic nitrogens is 2. The van der Waals surface area contributed by atoms with E-state index in [9.17, 15) is 4.79 Å². The second-order valence-corrected chi connectivity index (χ2v) is 2.40. The predicted molar refractivity (Wildman–Crippen MR) is 68.9 cm³/mol. The molecule has 6 nitrogen and oxygen atoms in total. The third kappa shape index (κ3) is 5.92. The molecule has 10 heteroatoms. The number of hydrogen-bond acceptors (Lipinski definition) is 3. The van der Waals surface area contributed by atoms with Gasteiger partial charge in [-0.15, -0.1) is 37.2 Å². The van der Waals surface area contributed by atoms with Gasteiger partial charge in [0.2, 0.25) is 0 Å². The van der Waals surface area contributed by atoms with Crippen molar-refractivity contribution in [1.82, 2.24) is 9.97 Å². The fourth-order valence-corrected chi connectivity index (χ4v) is 0.821. The summed E-state index contributed by atoms with van der Waals surface area (Å²) in [5.74, 6) is -1.05. The Balaban J connectivity index is -0.000000563. The molecule has 1 aromatic heterocycles. The monoisotopic (exact) mass is 307 g/mol. The SMILES string of the molecule is Cl.Cl.Cl.NC(N)=NC(=O)c1nccnc1Cl. The van der Waals surface area contributed by atoms with Gasteiger partial charge in [-0.25, -0.2) is 9.97 Å². The van der Waals surface area contributed by atoms with Crippen LogP contribution in [0.25, 0.3) is 0 Å². The van der Waals surface area contributed by atoms with E-state index in [4.69, 9.17) is 23.1 Å². The van der Waals surface area contributed by atoms with Gasteiger partial charge in [0.15, 0.2) is 16.8 Å². The Hall–Kier alpha value is -0.820. The fourth-order valence-electron chi connectivity index (χ4n) is 0.635. The number of halogens is 4. The molecule has 1 rings (SSSR count). The van der Waals surface area contributed by atoms with Crippen LogP contribution < -0.4 is 11.5 Å². The third-order valence-corrected chi connectivity index (χ3v) is 1.36. The van der Waals surface area contributed by atoms with E-state index in [-0.39, 0.29) is 54.0 Å². The average molecular weight is 309 g/mol. The standard InChI is InChI=1S/C6H6ClN5O.3ClH/c7-4-3(10-1-2-11-4)5(13)12-6(8)9;;;/h1-2H,(H4,8,9,12,13);3*1H. The molecule has 0 fully saturated rings. The highest BCUT2D eigenvalue weighted by Gasteiger charge is 2.11. The van der Waals surface area contributed by atoms with Crippen molar-refractivity contribution in [1.29, 1.82) is 0 Å². The van der Waals surface area contributed by atoms with Crippen molar-refractivity contribution < 1.29 is 4.79 Å². The zero-order valence-electron chi connectivity index (χ0n) is 7.66. The zero-order valence-corrected chi connectivity index (χ0v) is 10.9. The van der Waals surface area contributed by atoms with Crippen LogP contribution in [0.4, 0.5) is 0 Å². The summed E-state index contributed by atoms with van der Waals surface area (Å²) in [5, 5.41) is -0.0301. The first-order chi connectivity index (χ1) is 6.11. The molecule has 1 heterocycles. The first-order valence-electron chi connectivity index (χ1n) is 3.21. The van der Waals surface area contributed by atoms with Crippen LogP contribution in [0.3, 0.4) is 0 Å². The largest absolute Gasteiger partial charge is 0.370 e. The number of amides is 1. The molecule has 4 N–H and O–H groups in total. The molecule has 0 radical (unpaired) electrons. The molecule has 0 aliphatic carbocycles. The average Bonchev–Trinajstić information content (AvgIpc) is 2.03. The quantitative estimate of drug-likeness (QED) is 0.589. The molecule has 0 spiro atoms. The van der Waals surface area contributed by atoms with E-state index in [2.05, 4.69) is 15.0 Å². The number of rotatable bonds is 1. The highest BCUT2D eigenvalue weighted by atomic mass is 35.5. The summed E-state index contributed by atoms with van der Waals surface area (Å²) in [7, 11) is 0. The minimum atomic E-state index is -0.710. The Kier molecular flexibility index (Phi) is 12.1. The molecule has 0 saturated heterocycles. The molecular formula is C6H9Cl4N5O. The second-order valence-electron chi connectivity index (χ2n) is 2.04. The molecule has 0 unspecified atom stereocenters. The topological polar surface area (TPSA) is 107 Å².